The van der Waals surface area contributed by atoms with Gasteiger partial charge in [0.15, 0.2) is 29.5 Å². The topological polar surface area (TPSA) is 150 Å². The zero-order valence-electron chi connectivity index (χ0n) is 20.9. The van der Waals surface area contributed by atoms with Crippen LogP contribution in [0.5, 0.6) is 11.5 Å². The Morgan fingerprint density at radius 2 is 1.39 bits per heavy atom. The number of methoxy groups -OCH3 is 1. The molecular formula is C24H30O12. The molecule has 5 atom stereocenters. The molecule has 1 aliphatic heterocycles. The van der Waals surface area contributed by atoms with Gasteiger partial charge in [0.05, 0.1) is 7.11 Å². The van der Waals surface area contributed by atoms with Crippen molar-refractivity contribution in [2.75, 3.05) is 13.7 Å². The van der Waals surface area contributed by atoms with Gasteiger partial charge in [-0.25, -0.2) is 0 Å². The molecular weight excluding hydrogens is 480 g/mol. The fourth-order valence-electron chi connectivity index (χ4n) is 3.55. The van der Waals surface area contributed by atoms with E-state index in [1.54, 1.807) is 6.92 Å². The Labute approximate surface area is 208 Å². The van der Waals surface area contributed by atoms with Crippen LogP contribution in [0.25, 0.3) is 0 Å². The van der Waals surface area contributed by atoms with Crippen molar-refractivity contribution in [3.63, 3.8) is 0 Å². The van der Waals surface area contributed by atoms with Crippen molar-refractivity contribution in [2.24, 2.45) is 0 Å². The lowest BCUT2D eigenvalue weighted by molar-refractivity contribution is -0.288. The highest BCUT2D eigenvalue weighted by Gasteiger charge is 2.53. The van der Waals surface area contributed by atoms with Crippen LogP contribution in [0.3, 0.4) is 0 Å². The summed E-state index contributed by atoms with van der Waals surface area (Å²) in [4.78, 5) is 59.2. The number of hydrogen-bond acceptors (Lipinski definition) is 12. The van der Waals surface area contributed by atoms with Crippen LogP contribution >= 0.6 is 0 Å². The van der Waals surface area contributed by atoms with E-state index in [1.807, 2.05) is 0 Å². The van der Waals surface area contributed by atoms with Gasteiger partial charge in [0.2, 0.25) is 12.4 Å². The molecule has 1 heterocycles. The minimum Gasteiger partial charge on any atom is -0.493 e. The number of benzene rings is 1. The summed E-state index contributed by atoms with van der Waals surface area (Å²) in [7, 11) is 1.37. The Hall–Kier alpha value is -3.67. The third-order valence-electron chi connectivity index (χ3n) is 5.00. The van der Waals surface area contributed by atoms with Gasteiger partial charge in [0, 0.05) is 39.7 Å². The molecule has 0 bridgehead atoms. The van der Waals surface area contributed by atoms with Gasteiger partial charge in [-0.15, -0.1) is 0 Å². The van der Waals surface area contributed by atoms with Gasteiger partial charge >= 0.3 is 23.9 Å². The molecule has 36 heavy (non-hydrogen) atoms. The van der Waals surface area contributed by atoms with E-state index in [-0.39, 0.29) is 23.7 Å². The lowest BCUT2D eigenvalue weighted by atomic mass is 9.98. The zero-order valence-corrected chi connectivity index (χ0v) is 20.9. The monoisotopic (exact) mass is 510 g/mol. The average molecular weight is 510 g/mol. The fraction of sp³-hybridized carbons (Fsp3) is 0.542. The molecule has 0 spiro atoms. The molecule has 1 aromatic rings. The Balaban J connectivity index is 2.52. The second-order valence-corrected chi connectivity index (χ2v) is 7.83. The summed E-state index contributed by atoms with van der Waals surface area (Å²) >= 11 is 0. The fourth-order valence-corrected chi connectivity index (χ4v) is 3.55. The molecule has 2 rings (SSSR count). The van der Waals surface area contributed by atoms with Gasteiger partial charge in [-0.1, -0.05) is 6.92 Å². The standard InChI is InChI=1S/C24H30O12/c1-7-17(29)16-8-9-18(19(10-16)30-6)35-24-23(34-15(5)28)22(33-14(4)27)21(32-13(3)26)20(36-24)11-31-12(2)25/h8-10,20-24H,7,11H2,1-6H3/t20-,21-,22+,23-,24+/m0/s1. The van der Waals surface area contributed by atoms with E-state index in [4.69, 9.17) is 33.2 Å². The highest BCUT2D eigenvalue weighted by Crippen LogP contribution is 2.35. The highest BCUT2D eigenvalue weighted by molar-refractivity contribution is 5.96. The average Bonchev–Trinajstić information content (AvgIpc) is 2.80. The Bertz CT molecular complexity index is 987. The predicted molar refractivity (Wildman–Crippen MR) is 120 cm³/mol. The maximum Gasteiger partial charge on any atom is 0.303 e. The lowest BCUT2D eigenvalue weighted by Gasteiger charge is -2.44. The first-order valence-electron chi connectivity index (χ1n) is 11.1. The molecule has 0 aromatic heterocycles. The number of ether oxygens (including phenoxy) is 7. The molecule has 1 fully saturated rings. The summed E-state index contributed by atoms with van der Waals surface area (Å²) < 4.78 is 38.3. The Morgan fingerprint density at radius 1 is 0.806 bits per heavy atom. The van der Waals surface area contributed by atoms with Crippen molar-refractivity contribution >= 4 is 29.7 Å². The van der Waals surface area contributed by atoms with Gasteiger partial charge in [-0.05, 0) is 18.2 Å². The molecule has 198 valence electrons. The molecule has 0 amide bonds. The van der Waals surface area contributed by atoms with E-state index in [0.717, 1.165) is 20.8 Å². The summed E-state index contributed by atoms with van der Waals surface area (Å²) in [5, 5.41) is 0. The van der Waals surface area contributed by atoms with Crippen LogP contribution in [-0.4, -0.2) is 74.1 Å². The van der Waals surface area contributed by atoms with E-state index in [9.17, 15) is 24.0 Å². The van der Waals surface area contributed by atoms with Crippen LogP contribution in [-0.2, 0) is 42.9 Å². The second-order valence-electron chi connectivity index (χ2n) is 7.83. The first kappa shape index (κ1) is 28.6. The number of Topliss-reactive ketones (excluding diaryl/α,β-unsaturated/α-hetero) is 1. The highest BCUT2D eigenvalue weighted by atomic mass is 16.7. The molecule has 0 N–H and O–H groups in total. The van der Waals surface area contributed by atoms with Crippen LogP contribution < -0.4 is 9.47 Å². The molecule has 1 saturated heterocycles. The summed E-state index contributed by atoms with van der Waals surface area (Å²) in [5.74, 6) is -2.72. The Morgan fingerprint density at radius 3 is 1.92 bits per heavy atom. The second kappa shape index (κ2) is 12.9. The van der Waals surface area contributed by atoms with E-state index < -0.39 is 61.2 Å². The molecule has 1 aliphatic rings. The minimum absolute atomic E-state index is 0.117. The molecule has 12 nitrogen and oxygen atoms in total. The molecule has 12 heteroatoms. The SMILES string of the molecule is CCC(=O)c1ccc(O[C@@H]2O[C@@H](COC(C)=O)[C@H](OC(C)=O)[C@@H](OC(C)=O)[C@@H]2OC(C)=O)c(OC)c1. The van der Waals surface area contributed by atoms with E-state index in [2.05, 4.69) is 0 Å². The first-order chi connectivity index (χ1) is 17.0. The van der Waals surface area contributed by atoms with Crippen LogP contribution in [0.4, 0.5) is 0 Å². The zero-order chi connectivity index (χ0) is 27.0. The van der Waals surface area contributed by atoms with Gasteiger partial charge in [-0.2, -0.15) is 0 Å². The van der Waals surface area contributed by atoms with E-state index >= 15 is 0 Å². The largest absolute Gasteiger partial charge is 0.493 e. The molecule has 0 unspecified atom stereocenters. The van der Waals surface area contributed by atoms with E-state index in [0.29, 0.717) is 5.56 Å². The smallest absolute Gasteiger partial charge is 0.303 e. The maximum absolute atomic E-state index is 12.1. The third-order valence-corrected chi connectivity index (χ3v) is 5.00. The number of carbonyl (C=O) groups is 5. The normalized spacial score (nSPS) is 23.1. The third kappa shape index (κ3) is 7.67. The first-order valence-corrected chi connectivity index (χ1v) is 11.1. The van der Waals surface area contributed by atoms with Crippen molar-refractivity contribution < 1.29 is 57.1 Å². The molecule has 0 radical (unpaired) electrons. The number of rotatable bonds is 10. The predicted octanol–water partition coefficient (Wildman–Crippen LogP) is 1.75. The quantitative estimate of drug-likeness (QED) is 0.256. The molecule has 0 saturated carbocycles. The van der Waals surface area contributed by atoms with Crippen molar-refractivity contribution in [2.45, 2.75) is 71.7 Å². The molecule has 0 aliphatic carbocycles. The van der Waals surface area contributed by atoms with Crippen molar-refractivity contribution in [3.05, 3.63) is 23.8 Å². The van der Waals surface area contributed by atoms with Gasteiger partial charge in [0.25, 0.3) is 0 Å². The van der Waals surface area contributed by atoms with Gasteiger partial charge in [-0.3, -0.25) is 24.0 Å². The van der Waals surface area contributed by atoms with Crippen LogP contribution in [0, 0.1) is 0 Å². The van der Waals surface area contributed by atoms with Crippen LogP contribution in [0.1, 0.15) is 51.4 Å². The Kier molecular flexibility index (Phi) is 10.2. The maximum atomic E-state index is 12.1. The van der Waals surface area contributed by atoms with Gasteiger partial charge in [0.1, 0.15) is 12.7 Å². The van der Waals surface area contributed by atoms with Crippen molar-refractivity contribution in [1.82, 2.24) is 0 Å². The van der Waals surface area contributed by atoms with E-state index in [1.165, 1.54) is 32.2 Å². The minimum atomic E-state index is -1.42. The van der Waals surface area contributed by atoms with Gasteiger partial charge < -0.3 is 33.2 Å². The summed E-state index contributed by atoms with van der Waals surface area (Å²) in [5.41, 5.74) is 0.392. The number of esters is 4. The summed E-state index contributed by atoms with van der Waals surface area (Å²) in [6, 6.07) is 4.47. The summed E-state index contributed by atoms with van der Waals surface area (Å²) in [6.45, 7) is 5.87. The number of hydrogen-bond donors (Lipinski definition) is 0. The van der Waals surface area contributed by atoms with Crippen LogP contribution in [0.15, 0.2) is 18.2 Å². The molecule has 1 aromatic carbocycles. The van der Waals surface area contributed by atoms with Crippen LogP contribution in [0.2, 0.25) is 0 Å². The number of ketones is 1. The summed E-state index contributed by atoms with van der Waals surface area (Å²) in [6.07, 6.45) is -6.38. The van der Waals surface area contributed by atoms with Crippen molar-refractivity contribution in [1.29, 1.82) is 0 Å². The van der Waals surface area contributed by atoms with Crippen molar-refractivity contribution in [3.8, 4) is 11.5 Å². The number of carbonyl (C=O) groups excluding carboxylic acids is 5. The lowest BCUT2D eigenvalue weighted by Crippen LogP contribution is -2.63.